The molecule has 0 radical (unpaired) electrons. The van der Waals surface area contributed by atoms with Gasteiger partial charge in [0.05, 0.1) is 11.9 Å². The number of sulfonamides is 1. The monoisotopic (exact) mass is 379 g/mol. The van der Waals surface area contributed by atoms with Crippen molar-refractivity contribution in [1.82, 2.24) is 9.80 Å². The van der Waals surface area contributed by atoms with Crippen LogP contribution in [0.15, 0.2) is 18.2 Å². The first-order chi connectivity index (χ1) is 12.3. The second kappa shape index (κ2) is 7.56. The molecule has 0 spiro atoms. The largest absolute Gasteiger partial charge is 0.339 e. The van der Waals surface area contributed by atoms with E-state index in [0.717, 1.165) is 50.9 Å². The Morgan fingerprint density at radius 3 is 2.54 bits per heavy atom. The Labute approximate surface area is 156 Å². The predicted octanol–water partition coefficient (Wildman–Crippen LogP) is 1.96. The average Bonchev–Trinajstić information content (AvgIpc) is 2.65. The van der Waals surface area contributed by atoms with Crippen LogP contribution in [0.5, 0.6) is 0 Å². The Bertz CT molecular complexity index is 770. The van der Waals surface area contributed by atoms with Crippen molar-refractivity contribution in [3.8, 4) is 0 Å². The maximum Gasteiger partial charge on any atom is 0.253 e. The number of piperidine rings is 1. The average molecular weight is 380 g/mol. The van der Waals surface area contributed by atoms with Crippen LogP contribution in [0.3, 0.4) is 0 Å². The summed E-state index contributed by atoms with van der Waals surface area (Å²) in [5, 5.41) is 0. The standard InChI is InChI=1S/C19H29N3O3S/c1-4-21-12-9-17(10-13-21)20(2)19(23)16-7-8-18-15(14-16)6-5-11-22(18)26(3,24)25/h7-8,14,17H,4-6,9-13H2,1-3H3. The summed E-state index contributed by atoms with van der Waals surface area (Å²) in [6, 6.07) is 5.71. The third-order valence-corrected chi connectivity index (χ3v) is 6.86. The number of carbonyl (C=O) groups is 1. The van der Waals surface area contributed by atoms with Gasteiger partial charge in [-0.1, -0.05) is 6.92 Å². The van der Waals surface area contributed by atoms with E-state index in [-0.39, 0.29) is 11.9 Å². The van der Waals surface area contributed by atoms with E-state index in [0.29, 0.717) is 17.8 Å². The topological polar surface area (TPSA) is 60.9 Å². The zero-order valence-corrected chi connectivity index (χ0v) is 16.8. The molecule has 0 bridgehead atoms. The molecule has 2 heterocycles. The number of carbonyl (C=O) groups excluding carboxylic acids is 1. The molecule has 0 aliphatic carbocycles. The smallest absolute Gasteiger partial charge is 0.253 e. The first kappa shape index (κ1) is 19.2. The van der Waals surface area contributed by atoms with Gasteiger partial charge >= 0.3 is 0 Å². The van der Waals surface area contributed by atoms with Crippen molar-refractivity contribution in [3.05, 3.63) is 29.3 Å². The van der Waals surface area contributed by atoms with Crippen molar-refractivity contribution < 1.29 is 13.2 Å². The Morgan fingerprint density at radius 2 is 1.92 bits per heavy atom. The van der Waals surface area contributed by atoms with Gasteiger partial charge in [0.2, 0.25) is 10.0 Å². The van der Waals surface area contributed by atoms with Crippen LogP contribution >= 0.6 is 0 Å². The summed E-state index contributed by atoms with van der Waals surface area (Å²) in [5.41, 5.74) is 2.32. The Balaban J connectivity index is 1.77. The molecule has 0 atom stereocenters. The normalized spacial score (nSPS) is 19.3. The molecule has 2 aliphatic rings. The zero-order chi connectivity index (χ0) is 18.9. The molecule has 7 heteroatoms. The van der Waals surface area contributed by atoms with E-state index in [1.165, 1.54) is 10.6 Å². The van der Waals surface area contributed by atoms with Crippen molar-refractivity contribution in [1.29, 1.82) is 0 Å². The fourth-order valence-electron chi connectivity index (χ4n) is 4.03. The highest BCUT2D eigenvalue weighted by atomic mass is 32.2. The fraction of sp³-hybridized carbons (Fsp3) is 0.632. The maximum absolute atomic E-state index is 12.9. The van der Waals surface area contributed by atoms with E-state index in [1.54, 1.807) is 12.1 Å². The maximum atomic E-state index is 12.9. The van der Waals surface area contributed by atoms with Gasteiger partial charge < -0.3 is 9.80 Å². The van der Waals surface area contributed by atoms with E-state index >= 15 is 0 Å². The zero-order valence-electron chi connectivity index (χ0n) is 15.9. The highest BCUT2D eigenvalue weighted by Gasteiger charge is 2.28. The molecule has 0 saturated carbocycles. The summed E-state index contributed by atoms with van der Waals surface area (Å²) in [4.78, 5) is 17.2. The fourth-order valence-corrected chi connectivity index (χ4v) is 5.03. The van der Waals surface area contributed by atoms with Gasteiger partial charge in [-0.2, -0.15) is 0 Å². The van der Waals surface area contributed by atoms with Crippen LogP contribution in [0.2, 0.25) is 0 Å². The Hall–Kier alpha value is -1.60. The van der Waals surface area contributed by atoms with Gasteiger partial charge in [0.1, 0.15) is 0 Å². The molecule has 0 unspecified atom stereocenters. The van der Waals surface area contributed by atoms with Gasteiger partial charge in [-0.25, -0.2) is 8.42 Å². The van der Waals surface area contributed by atoms with Crippen LogP contribution in [-0.4, -0.2) is 69.6 Å². The van der Waals surface area contributed by atoms with E-state index in [1.807, 2.05) is 18.0 Å². The summed E-state index contributed by atoms with van der Waals surface area (Å²) < 4.78 is 25.4. The van der Waals surface area contributed by atoms with Gasteiger partial charge in [-0.3, -0.25) is 9.10 Å². The van der Waals surface area contributed by atoms with Crippen LogP contribution in [0, 0.1) is 0 Å². The molecule has 144 valence electrons. The molecule has 1 amide bonds. The first-order valence-electron chi connectivity index (χ1n) is 9.41. The van der Waals surface area contributed by atoms with Crippen LogP contribution in [0.1, 0.15) is 42.1 Å². The Morgan fingerprint density at radius 1 is 1.23 bits per heavy atom. The minimum absolute atomic E-state index is 0.0271. The van der Waals surface area contributed by atoms with Crippen LogP contribution in [0.25, 0.3) is 0 Å². The number of nitrogens with zero attached hydrogens (tertiary/aromatic N) is 3. The number of likely N-dealkylation sites (tertiary alicyclic amines) is 1. The molecule has 1 fully saturated rings. The number of amides is 1. The number of hydrogen-bond donors (Lipinski definition) is 0. The second-order valence-corrected chi connectivity index (χ2v) is 9.27. The SMILES string of the molecule is CCN1CCC(N(C)C(=O)c2ccc3c(c2)CCCN3S(C)(=O)=O)CC1. The summed E-state index contributed by atoms with van der Waals surface area (Å²) in [6.45, 7) is 5.81. The summed E-state index contributed by atoms with van der Waals surface area (Å²) in [5.74, 6) is 0.0271. The number of rotatable bonds is 4. The molecular weight excluding hydrogens is 350 g/mol. The lowest BCUT2D eigenvalue weighted by Gasteiger charge is -2.36. The third-order valence-electron chi connectivity index (χ3n) is 5.68. The molecule has 3 rings (SSSR count). The van der Waals surface area contributed by atoms with Crippen LogP contribution in [0.4, 0.5) is 5.69 Å². The summed E-state index contributed by atoms with van der Waals surface area (Å²) >= 11 is 0. The number of aryl methyl sites for hydroxylation is 1. The molecule has 0 N–H and O–H groups in total. The number of hydrogen-bond acceptors (Lipinski definition) is 4. The van der Waals surface area contributed by atoms with Crippen LogP contribution < -0.4 is 4.31 Å². The summed E-state index contributed by atoms with van der Waals surface area (Å²) in [7, 11) is -1.39. The van der Waals surface area contributed by atoms with Gasteiger partial charge in [0.25, 0.3) is 5.91 Å². The molecule has 6 nitrogen and oxygen atoms in total. The third kappa shape index (κ3) is 3.88. The molecule has 26 heavy (non-hydrogen) atoms. The van der Waals surface area contributed by atoms with Crippen molar-refractivity contribution in [3.63, 3.8) is 0 Å². The van der Waals surface area contributed by atoms with E-state index in [9.17, 15) is 13.2 Å². The van der Waals surface area contributed by atoms with Crippen molar-refractivity contribution in [2.24, 2.45) is 0 Å². The Kier molecular flexibility index (Phi) is 5.58. The highest BCUT2D eigenvalue weighted by Crippen LogP contribution is 2.30. The number of benzene rings is 1. The van der Waals surface area contributed by atoms with E-state index in [2.05, 4.69) is 11.8 Å². The van der Waals surface area contributed by atoms with Crippen LogP contribution in [-0.2, 0) is 16.4 Å². The lowest BCUT2D eigenvalue weighted by molar-refractivity contribution is 0.0646. The van der Waals surface area contributed by atoms with Crippen molar-refractivity contribution in [2.45, 2.75) is 38.6 Å². The summed E-state index contributed by atoms with van der Waals surface area (Å²) in [6.07, 6.45) is 4.83. The van der Waals surface area contributed by atoms with Gasteiger partial charge in [0, 0.05) is 38.3 Å². The van der Waals surface area contributed by atoms with E-state index in [4.69, 9.17) is 0 Å². The molecule has 1 saturated heterocycles. The van der Waals surface area contributed by atoms with Gasteiger partial charge in [-0.05, 0) is 56.0 Å². The number of fused-ring (bicyclic) bond motifs is 1. The number of anilines is 1. The second-order valence-electron chi connectivity index (χ2n) is 7.36. The van der Waals surface area contributed by atoms with Gasteiger partial charge in [0.15, 0.2) is 0 Å². The minimum atomic E-state index is -3.28. The molecule has 0 aromatic heterocycles. The molecule has 1 aromatic rings. The minimum Gasteiger partial charge on any atom is -0.339 e. The van der Waals surface area contributed by atoms with E-state index < -0.39 is 10.0 Å². The van der Waals surface area contributed by atoms with Crippen molar-refractivity contribution in [2.75, 3.05) is 43.8 Å². The molecular formula is C19H29N3O3S. The lowest BCUT2D eigenvalue weighted by Crippen LogP contribution is -2.45. The predicted molar refractivity (Wildman–Crippen MR) is 104 cm³/mol. The highest BCUT2D eigenvalue weighted by molar-refractivity contribution is 7.92. The van der Waals surface area contributed by atoms with Gasteiger partial charge in [-0.15, -0.1) is 0 Å². The molecule has 1 aromatic carbocycles. The quantitative estimate of drug-likeness (QED) is 0.802. The molecule has 2 aliphatic heterocycles. The van der Waals surface area contributed by atoms with Crippen molar-refractivity contribution >= 4 is 21.6 Å². The first-order valence-corrected chi connectivity index (χ1v) is 11.3. The lowest BCUT2D eigenvalue weighted by atomic mass is 9.99.